The van der Waals surface area contributed by atoms with Crippen LogP contribution in [0.3, 0.4) is 0 Å². The lowest BCUT2D eigenvalue weighted by molar-refractivity contribution is 0.0697. The summed E-state index contributed by atoms with van der Waals surface area (Å²) in [6, 6.07) is 4.39. The van der Waals surface area contributed by atoms with Gasteiger partial charge in [0.2, 0.25) is 0 Å². The molecule has 1 N–H and O–H groups in total. The Kier molecular flexibility index (Phi) is 7.56. The summed E-state index contributed by atoms with van der Waals surface area (Å²) in [5.41, 5.74) is 3.04. The molecule has 2 aliphatic heterocycles. The number of carbonyl (C=O) groups excluding carboxylic acids is 1. The molecule has 0 bridgehead atoms. The number of aryl methyl sites for hydroxylation is 1. The lowest BCUT2D eigenvalue weighted by atomic mass is 9.94. The molecule has 0 radical (unpaired) electrons. The molecule has 38 heavy (non-hydrogen) atoms. The van der Waals surface area contributed by atoms with Crippen LogP contribution in [0.15, 0.2) is 36.8 Å². The Hall–Kier alpha value is -2.84. The summed E-state index contributed by atoms with van der Waals surface area (Å²) in [6.07, 6.45) is 8.83. The van der Waals surface area contributed by atoms with Gasteiger partial charge >= 0.3 is 0 Å². The molecule has 1 amide bonds. The molecule has 2 saturated heterocycles. The van der Waals surface area contributed by atoms with Crippen molar-refractivity contribution in [3.63, 3.8) is 0 Å². The van der Waals surface area contributed by atoms with Crippen LogP contribution in [0.25, 0.3) is 16.6 Å². The Labute approximate surface area is 224 Å². The van der Waals surface area contributed by atoms with E-state index in [4.69, 9.17) is 0 Å². The van der Waals surface area contributed by atoms with Gasteiger partial charge < -0.3 is 14.8 Å². The highest BCUT2D eigenvalue weighted by Gasteiger charge is 2.36. The van der Waals surface area contributed by atoms with Crippen molar-refractivity contribution in [3.8, 4) is 5.69 Å². The predicted octanol–water partition coefficient (Wildman–Crippen LogP) is 4.91. The van der Waals surface area contributed by atoms with E-state index in [1.807, 2.05) is 30.8 Å². The van der Waals surface area contributed by atoms with Crippen molar-refractivity contribution in [1.82, 2.24) is 24.7 Å². The molecular weight excluding hydrogens is 484 g/mol. The maximum atomic E-state index is 15.3. The van der Waals surface area contributed by atoms with E-state index in [2.05, 4.69) is 28.3 Å². The maximum absolute atomic E-state index is 15.3. The summed E-state index contributed by atoms with van der Waals surface area (Å²) in [5.74, 6) is -0.234. The molecule has 5 rings (SSSR count). The number of pyridine rings is 1. The molecule has 2 aromatic heterocycles. The SMILES string of the molecule is Cc1cncc2c1c(C[C@@H]1CCN(CC3(F)CCNCC3)C1)cn2-c1ccc(F)cc1C(=O)N(C)C(C)C. The van der Waals surface area contributed by atoms with Crippen molar-refractivity contribution in [2.75, 3.05) is 39.8 Å². The highest BCUT2D eigenvalue weighted by atomic mass is 19.1. The summed E-state index contributed by atoms with van der Waals surface area (Å²) >= 11 is 0. The van der Waals surface area contributed by atoms with Crippen LogP contribution in [0.2, 0.25) is 0 Å². The van der Waals surface area contributed by atoms with Gasteiger partial charge in [0.1, 0.15) is 11.5 Å². The molecule has 1 atom stereocenters. The van der Waals surface area contributed by atoms with E-state index >= 15 is 4.39 Å². The number of hydrogen-bond acceptors (Lipinski definition) is 4. The zero-order valence-electron chi connectivity index (χ0n) is 22.9. The van der Waals surface area contributed by atoms with Gasteiger partial charge in [-0.1, -0.05) is 0 Å². The molecule has 3 aromatic rings. The van der Waals surface area contributed by atoms with E-state index in [1.165, 1.54) is 17.7 Å². The fourth-order valence-electron chi connectivity index (χ4n) is 6.08. The number of piperidine rings is 1. The first-order valence-electron chi connectivity index (χ1n) is 13.8. The molecular formula is C30H39F2N5O. The van der Waals surface area contributed by atoms with Gasteiger partial charge in [-0.05, 0) is 101 Å². The summed E-state index contributed by atoms with van der Waals surface area (Å²) in [7, 11) is 1.74. The Morgan fingerprint density at radius 1 is 1.26 bits per heavy atom. The van der Waals surface area contributed by atoms with E-state index < -0.39 is 11.5 Å². The number of fused-ring (bicyclic) bond motifs is 1. The van der Waals surface area contributed by atoms with E-state index in [9.17, 15) is 9.18 Å². The third kappa shape index (κ3) is 5.34. The van der Waals surface area contributed by atoms with Gasteiger partial charge in [0.05, 0.1) is 23.0 Å². The lowest BCUT2D eigenvalue weighted by Crippen LogP contribution is -2.46. The number of amides is 1. The number of likely N-dealkylation sites (tertiary alicyclic amines) is 1. The van der Waals surface area contributed by atoms with Crippen LogP contribution in [-0.4, -0.2) is 76.7 Å². The number of rotatable bonds is 7. The Morgan fingerprint density at radius 2 is 2.03 bits per heavy atom. The minimum atomic E-state index is -1.09. The minimum absolute atomic E-state index is 0.0156. The average molecular weight is 524 g/mol. The quantitative estimate of drug-likeness (QED) is 0.478. The molecule has 1 aromatic carbocycles. The van der Waals surface area contributed by atoms with Gasteiger partial charge in [0.25, 0.3) is 5.91 Å². The second kappa shape index (κ2) is 10.7. The molecule has 0 spiro atoms. The monoisotopic (exact) mass is 523 g/mol. The van der Waals surface area contributed by atoms with Crippen molar-refractivity contribution in [3.05, 3.63) is 59.3 Å². The third-order valence-corrected chi connectivity index (χ3v) is 8.41. The molecule has 4 heterocycles. The average Bonchev–Trinajstić information content (AvgIpc) is 3.48. The first-order valence-corrected chi connectivity index (χ1v) is 13.8. The fraction of sp³-hybridized carbons (Fsp3) is 0.533. The Bertz CT molecular complexity index is 1310. The van der Waals surface area contributed by atoms with Crippen molar-refractivity contribution < 1.29 is 13.6 Å². The molecule has 8 heteroatoms. The van der Waals surface area contributed by atoms with E-state index in [0.29, 0.717) is 36.6 Å². The van der Waals surface area contributed by atoms with Gasteiger partial charge in [-0.25, -0.2) is 8.78 Å². The molecule has 6 nitrogen and oxygen atoms in total. The number of hydrogen-bond donors (Lipinski definition) is 1. The number of benzene rings is 1. The second-order valence-corrected chi connectivity index (χ2v) is 11.5. The number of halogens is 2. The van der Waals surface area contributed by atoms with Gasteiger partial charge in [-0.3, -0.25) is 14.7 Å². The molecule has 2 fully saturated rings. The van der Waals surface area contributed by atoms with Crippen LogP contribution in [0.4, 0.5) is 8.78 Å². The second-order valence-electron chi connectivity index (χ2n) is 11.5. The number of aromatic nitrogens is 2. The van der Waals surface area contributed by atoms with E-state index in [0.717, 1.165) is 55.5 Å². The van der Waals surface area contributed by atoms with Crippen LogP contribution in [0, 0.1) is 18.7 Å². The number of nitrogens with zero attached hydrogens (tertiary/aromatic N) is 4. The van der Waals surface area contributed by atoms with Crippen LogP contribution >= 0.6 is 0 Å². The maximum Gasteiger partial charge on any atom is 0.256 e. The molecule has 0 unspecified atom stereocenters. The van der Waals surface area contributed by atoms with Crippen molar-refractivity contribution in [2.45, 2.75) is 58.2 Å². The number of alkyl halides is 1. The topological polar surface area (TPSA) is 53.4 Å². The van der Waals surface area contributed by atoms with Crippen LogP contribution in [0.1, 0.15) is 54.6 Å². The van der Waals surface area contributed by atoms with E-state index in [1.54, 1.807) is 18.0 Å². The Balaban J connectivity index is 1.45. The minimum Gasteiger partial charge on any atom is -0.339 e. The first kappa shape index (κ1) is 26.8. The van der Waals surface area contributed by atoms with Gasteiger partial charge in [-0.15, -0.1) is 0 Å². The highest BCUT2D eigenvalue weighted by molar-refractivity contribution is 5.99. The molecule has 0 saturated carbocycles. The normalized spacial score (nSPS) is 19.9. The lowest BCUT2D eigenvalue weighted by Gasteiger charge is -2.33. The smallest absolute Gasteiger partial charge is 0.256 e. The zero-order chi connectivity index (χ0) is 27.0. The predicted molar refractivity (Wildman–Crippen MR) is 147 cm³/mol. The fourth-order valence-corrected chi connectivity index (χ4v) is 6.08. The third-order valence-electron chi connectivity index (χ3n) is 8.41. The number of carbonyl (C=O) groups is 1. The molecule has 0 aliphatic carbocycles. The largest absolute Gasteiger partial charge is 0.339 e. The summed E-state index contributed by atoms with van der Waals surface area (Å²) in [6.45, 7) is 9.75. The standard InChI is InChI=1S/C30H39F2N5O/c1-20(2)35(4)29(38)25-14-24(31)5-6-26(25)37-18-23(28-21(3)15-34-16-27(28)37)13-22-7-12-36(17-22)19-30(32)8-10-33-11-9-30/h5-6,14-16,18,20,22,33H,7-13,17,19H2,1-4H3/t22-/m0/s1. The summed E-state index contributed by atoms with van der Waals surface area (Å²) in [4.78, 5) is 21.7. The van der Waals surface area contributed by atoms with Crippen LogP contribution in [0.5, 0.6) is 0 Å². The molecule has 2 aliphatic rings. The summed E-state index contributed by atoms with van der Waals surface area (Å²) in [5, 5.41) is 4.38. The van der Waals surface area contributed by atoms with Crippen LogP contribution in [-0.2, 0) is 6.42 Å². The molecule has 204 valence electrons. The van der Waals surface area contributed by atoms with Crippen molar-refractivity contribution >= 4 is 16.8 Å². The summed E-state index contributed by atoms with van der Waals surface area (Å²) < 4.78 is 31.7. The highest BCUT2D eigenvalue weighted by Crippen LogP contribution is 2.33. The zero-order valence-corrected chi connectivity index (χ0v) is 22.9. The Morgan fingerprint density at radius 3 is 2.76 bits per heavy atom. The van der Waals surface area contributed by atoms with Gasteiger partial charge in [-0.2, -0.15) is 0 Å². The number of nitrogens with one attached hydrogen (secondary N) is 1. The first-order chi connectivity index (χ1) is 18.1. The van der Waals surface area contributed by atoms with Gasteiger partial charge in [0, 0.05) is 44.0 Å². The van der Waals surface area contributed by atoms with Crippen molar-refractivity contribution in [2.24, 2.45) is 5.92 Å². The van der Waals surface area contributed by atoms with E-state index in [-0.39, 0.29) is 11.9 Å². The van der Waals surface area contributed by atoms with Crippen molar-refractivity contribution in [1.29, 1.82) is 0 Å². The van der Waals surface area contributed by atoms with Crippen LogP contribution < -0.4 is 5.32 Å². The van der Waals surface area contributed by atoms with Gasteiger partial charge in [0.15, 0.2) is 0 Å².